The summed E-state index contributed by atoms with van der Waals surface area (Å²) >= 11 is 10.4. The third-order valence-electron chi connectivity index (χ3n) is 4.07. The molecule has 2 aromatic carbocycles. The van der Waals surface area contributed by atoms with E-state index in [9.17, 15) is 14.4 Å². The number of rotatable bonds is 7. The normalized spacial score (nSPS) is 15.0. The number of halogens is 2. The molecule has 1 heterocycles. The number of esters is 1. The Bertz CT molecular complexity index is 1030. The van der Waals surface area contributed by atoms with Gasteiger partial charge in [-0.05, 0) is 54.6 Å². The molecule has 6 nitrogen and oxygen atoms in total. The topological polar surface area (TPSA) is 72.9 Å². The van der Waals surface area contributed by atoms with E-state index in [1.54, 1.807) is 55.5 Å². The number of hydrogen-bond donors (Lipinski definition) is 0. The van der Waals surface area contributed by atoms with Crippen LogP contribution in [0, 0.1) is 0 Å². The van der Waals surface area contributed by atoms with Crippen LogP contribution in [0.15, 0.2) is 51.8 Å². The summed E-state index contributed by atoms with van der Waals surface area (Å²) in [4.78, 5) is 38.2. The first kappa shape index (κ1) is 22.4. The number of amides is 2. The molecule has 3 rings (SSSR count). The van der Waals surface area contributed by atoms with Crippen LogP contribution in [-0.4, -0.2) is 35.2 Å². The van der Waals surface area contributed by atoms with Crippen molar-refractivity contribution in [3.8, 4) is 5.75 Å². The van der Waals surface area contributed by atoms with Gasteiger partial charge in [0.2, 0.25) is 0 Å². The van der Waals surface area contributed by atoms with Crippen molar-refractivity contribution in [2.45, 2.75) is 13.5 Å². The maximum atomic E-state index is 12.8. The lowest BCUT2D eigenvalue weighted by molar-refractivity contribution is -0.145. The van der Waals surface area contributed by atoms with Gasteiger partial charge in [0, 0.05) is 15.1 Å². The minimum atomic E-state index is -0.494. The van der Waals surface area contributed by atoms with Gasteiger partial charge >= 0.3 is 5.97 Å². The molecular formula is C21H17BrClNO5S. The van der Waals surface area contributed by atoms with Gasteiger partial charge < -0.3 is 9.47 Å². The van der Waals surface area contributed by atoms with E-state index in [-0.39, 0.29) is 29.9 Å². The predicted molar refractivity (Wildman–Crippen MR) is 119 cm³/mol. The molecule has 0 atom stereocenters. The summed E-state index contributed by atoms with van der Waals surface area (Å²) in [6, 6.07) is 12.2. The highest BCUT2D eigenvalue weighted by Crippen LogP contribution is 2.36. The van der Waals surface area contributed by atoms with Gasteiger partial charge in [0.1, 0.15) is 5.75 Å². The first-order valence-electron chi connectivity index (χ1n) is 8.95. The van der Waals surface area contributed by atoms with Crippen LogP contribution >= 0.6 is 39.3 Å². The standard InChI is InChI=1S/C21H17BrClNO5S/c1-2-28-19(25)12-29-17-8-7-15(22)9-14(17)10-18-20(26)24(21(27)30-18)11-13-5-3-4-6-16(13)23/h3-10H,2,11-12H2,1H3/b18-10+. The Hall–Kier alpha value is -2.29. The van der Waals surface area contributed by atoms with Gasteiger partial charge in [-0.2, -0.15) is 0 Å². The Morgan fingerprint density at radius 1 is 1.23 bits per heavy atom. The monoisotopic (exact) mass is 509 g/mol. The smallest absolute Gasteiger partial charge is 0.344 e. The van der Waals surface area contributed by atoms with Crippen LogP contribution in [0.4, 0.5) is 4.79 Å². The van der Waals surface area contributed by atoms with Crippen molar-refractivity contribution in [3.05, 3.63) is 68.0 Å². The van der Waals surface area contributed by atoms with Crippen molar-refractivity contribution in [1.29, 1.82) is 0 Å². The van der Waals surface area contributed by atoms with Gasteiger partial charge in [0.25, 0.3) is 11.1 Å². The molecule has 30 heavy (non-hydrogen) atoms. The lowest BCUT2D eigenvalue weighted by Crippen LogP contribution is -2.27. The summed E-state index contributed by atoms with van der Waals surface area (Å²) in [5.41, 5.74) is 1.24. The highest BCUT2D eigenvalue weighted by atomic mass is 79.9. The number of carbonyl (C=O) groups excluding carboxylic acids is 3. The van der Waals surface area contributed by atoms with Gasteiger partial charge in [0.05, 0.1) is 18.1 Å². The zero-order valence-corrected chi connectivity index (χ0v) is 19.1. The molecule has 1 aliphatic heterocycles. The molecule has 0 spiro atoms. The second kappa shape index (κ2) is 10.1. The van der Waals surface area contributed by atoms with Crippen LogP contribution in [0.3, 0.4) is 0 Å². The molecular weight excluding hydrogens is 494 g/mol. The van der Waals surface area contributed by atoms with Crippen LogP contribution in [0.1, 0.15) is 18.1 Å². The number of ether oxygens (including phenoxy) is 2. The van der Waals surface area contributed by atoms with E-state index < -0.39 is 11.9 Å². The average molecular weight is 511 g/mol. The Morgan fingerprint density at radius 3 is 2.73 bits per heavy atom. The van der Waals surface area contributed by atoms with Gasteiger partial charge in [-0.3, -0.25) is 14.5 Å². The largest absolute Gasteiger partial charge is 0.481 e. The lowest BCUT2D eigenvalue weighted by Gasteiger charge is -2.13. The molecule has 1 saturated heterocycles. The maximum Gasteiger partial charge on any atom is 0.344 e. The predicted octanol–water partition coefficient (Wildman–Crippen LogP) is 5.28. The number of nitrogens with zero attached hydrogens (tertiary/aromatic N) is 1. The summed E-state index contributed by atoms with van der Waals surface area (Å²) in [5, 5.41) is 0.109. The molecule has 156 valence electrons. The number of thioether (sulfide) groups is 1. The van der Waals surface area contributed by atoms with Crippen molar-refractivity contribution in [3.63, 3.8) is 0 Å². The highest BCUT2D eigenvalue weighted by Gasteiger charge is 2.35. The molecule has 2 amide bonds. The number of imide groups is 1. The van der Waals surface area contributed by atoms with E-state index in [1.165, 1.54) is 0 Å². The van der Waals surface area contributed by atoms with Crippen molar-refractivity contribution in [2.24, 2.45) is 0 Å². The second-order valence-corrected chi connectivity index (χ2v) is 8.45. The summed E-state index contributed by atoms with van der Waals surface area (Å²) in [5.74, 6) is -0.517. The second-order valence-electron chi connectivity index (χ2n) is 6.14. The first-order chi connectivity index (χ1) is 14.4. The number of hydrogen-bond acceptors (Lipinski definition) is 6. The summed E-state index contributed by atoms with van der Waals surface area (Å²) in [6.45, 7) is 1.80. The maximum absolute atomic E-state index is 12.8. The minimum absolute atomic E-state index is 0.0897. The molecule has 0 aliphatic carbocycles. The molecule has 0 aromatic heterocycles. The van der Waals surface area contributed by atoms with Crippen molar-refractivity contribution < 1.29 is 23.9 Å². The molecule has 1 aliphatic rings. The average Bonchev–Trinajstić information content (AvgIpc) is 2.96. The molecule has 0 bridgehead atoms. The van der Waals surface area contributed by atoms with E-state index >= 15 is 0 Å². The Kier molecular flexibility index (Phi) is 7.58. The first-order valence-corrected chi connectivity index (χ1v) is 10.9. The zero-order chi connectivity index (χ0) is 21.7. The molecule has 1 fully saturated rings. The van der Waals surface area contributed by atoms with Crippen LogP contribution in [0.25, 0.3) is 6.08 Å². The van der Waals surface area contributed by atoms with Gasteiger partial charge in [-0.1, -0.05) is 45.7 Å². The Morgan fingerprint density at radius 2 is 2.00 bits per heavy atom. The minimum Gasteiger partial charge on any atom is -0.481 e. The van der Waals surface area contributed by atoms with Crippen LogP contribution < -0.4 is 4.74 Å². The van der Waals surface area contributed by atoms with E-state index in [1.807, 2.05) is 0 Å². The van der Waals surface area contributed by atoms with Crippen molar-refractivity contribution in [1.82, 2.24) is 4.90 Å². The van der Waals surface area contributed by atoms with E-state index in [4.69, 9.17) is 21.1 Å². The summed E-state index contributed by atoms with van der Waals surface area (Å²) < 4.78 is 11.2. The van der Waals surface area contributed by atoms with Gasteiger partial charge in [-0.25, -0.2) is 4.79 Å². The fourth-order valence-corrected chi connectivity index (χ4v) is 4.08. The third kappa shape index (κ3) is 5.44. The van der Waals surface area contributed by atoms with Gasteiger partial charge in [-0.15, -0.1) is 0 Å². The quantitative estimate of drug-likeness (QED) is 0.373. The van der Waals surface area contributed by atoms with Gasteiger partial charge in [0.15, 0.2) is 6.61 Å². The Labute approximate surface area is 191 Å². The van der Waals surface area contributed by atoms with E-state index in [2.05, 4.69) is 15.9 Å². The fourth-order valence-electron chi connectivity index (χ4n) is 2.68. The van der Waals surface area contributed by atoms with Crippen molar-refractivity contribution >= 4 is 62.5 Å². The highest BCUT2D eigenvalue weighted by molar-refractivity contribution is 9.10. The number of carbonyl (C=O) groups is 3. The lowest BCUT2D eigenvalue weighted by atomic mass is 10.1. The summed E-state index contributed by atoms with van der Waals surface area (Å²) in [6.07, 6.45) is 1.57. The SMILES string of the molecule is CCOC(=O)COc1ccc(Br)cc1/C=C1/SC(=O)N(Cc2ccccc2Cl)C1=O. The molecule has 0 unspecified atom stereocenters. The molecule has 9 heteroatoms. The third-order valence-corrected chi connectivity index (χ3v) is 5.84. The Balaban J connectivity index is 1.82. The van der Waals surface area contributed by atoms with Crippen molar-refractivity contribution in [2.75, 3.05) is 13.2 Å². The van der Waals surface area contributed by atoms with Crippen LogP contribution in [0.2, 0.25) is 5.02 Å². The molecule has 0 radical (unpaired) electrons. The van der Waals surface area contributed by atoms with Crippen LogP contribution in [0.5, 0.6) is 5.75 Å². The number of benzene rings is 2. The van der Waals surface area contributed by atoms with E-state index in [0.29, 0.717) is 21.9 Å². The zero-order valence-electron chi connectivity index (χ0n) is 15.9. The summed E-state index contributed by atoms with van der Waals surface area (Å²) in [7, 11) is 0. The van der Waals surface area contributed by atoms with Crippen LogP contribution in [-0.2, 0) is 20.9 Å². The molecule has 0 N–H and O–H groups in total. The fraction of sp³-hybridized carbons (Fsp3) is 0.190. The molecule has 2 aromatic rings. The van der Waals surface area contributed by atoms with E-state index in [0.717, 1.165) is 21.1 Å². The molecule has 0 saturated carbocycles.